The van der Waals surface area contributed by atoms with Gasteiger partial charge in [0.15, 0.2) is 5.90 Å². The first kappa shape index (κ1) is 22.9. The van der Waals surface area contributed by atoms with Gasteiger partial charge in [-0.3, -0.25) is 10.2 Å². The van der Waals surface area contributed by atoms with Gasteiger partial charge in [0.1, 0.15) is 0 Å². The van der Waals surface area contributed by atoms with Crippen molar-refractivity contribution >= 4 is 11.9 Å². The number of unbranched alkanes of at least 4 members (excludes halogenated alkanes) is 4. The second kappa shape index (κ2) is 16.1. The van der Waals surface area contributed by atoms with Gasteiger partial charge in [-0.05, 0) is 38.5 Å². The maximum Gasteiger partial charge on any atom is 0.306 e. The zero-order valence-corrected chi connectivity index (χ0v) is 16.4. The first-order valence-electron chi connectivity index (χ1n) is 10.2. The second-order valence-electron chi connectivity index (χ2n) is 6.87. The highest BCUT2D eigenvalue weighted by Crippen LogP contribution is 2.19. The minimum atomic E-state index is -0.0476. The number of rotatable bonds is 17. The lowest BCUT2D eigenvalue weighted by atomic mass is 10.0. The normalized spacial score (nSPS) is 16.7. The Morgan fingerprint density at radius 3 is 2.19 bits per heavy atom. The summed E-state index contributed by atoms with van der Waals surface area (Å²) < 4.78 is 21.4. The molecule has 0 aliphatic carbocycles. The molecule has 1 rings (SSSR count). The summed E-state index contributed by atoms with van der Waals surface area (Å²) in [5, 5.41) is 7.38. The first-order chi connectivity index (χ1) is 12.7. The average Bonchev–Trinajstić information content (AvgIpc) is 3.06. The van der Waals surface area contributed by atoms with Gasteiger partial charge in [0.25, 0.3) is 0 Å². The molecule has 26 heavy (non-hydrogen) atoms. The molecule has 1 aliphatic heterocycles. The molecule has 0 aromatic heterocycles. The van der Waals surface area contributed by atoms with Crippen LogP contribution in [0.1, 0.15) is 71.1 Å². The van der Waals surface area contributed by atoms with Crippen molar-refractivity contribution in [2.24, 2.45) is 5.92 Å². The van der Waals surface area contributed by atoms with Crippen LogP contribution in [0, 0.1) is 11.3 Å². The van der Waals surface area contributed by atoms with Crippen molar-refractivity contribution in [1.29, 1.82) is 5.41 Å². The standard InChI is InChI=1S/C20H37NO5/c1-2-19(21)25-15-7-4-3-6-11-23-13-9-14-24-12-8-5-10-18-16-20(22)26-17-18/h18,21H,2-17H2,1H3. The van der Waals surface area contributed by atoms with E-state index in [9.17, 15) is 4.79 Å². The number of carbonyl (C=O) groups is 1. The van der Waals surface area contributed by atoms with Crippen molar-refractivity contribution in [2.75, 3.05) is 39.6 Å². The number of hydrogen-bond donors (Lipinski definition) is 1. The lowest BCUT2D eigenvalue weighted by Crippen LogP contribution is -2.05. The van der Waals surface area contributed by atoms with E-state index in [1.54, 1.807) is 0 Å². The van der Waals surface area contributed by atoms with Crippen LogP contribution in [0.3, 0.4) is 0 Å². The molecule has 0 bridgehead atoms. The molecular weight excluding hydrogens is 334 g/mol. The molecule has 1 atom stereocenters. The van der Waals surface area contributed by atoms with Crippen LogP contribution in [-0.4, -0.2) is 51.5 Å². The van der Waals surface area contributed by atoms with Gasteiger partial charge >= 0.3 is 5.97 Å². The first-order valence-corrected chi connectivity index (χ1v) is 10.2. The van der Waals surface area contributed by atoms with E-state index in [0.717, 1.165) is 77.8 Å². The van der Waals surface area contributed by atoms with Gasteiger partial charge < -0.3 is 18.9 Å². The van der Waals surface area contributed by atoms with E-state index in [-0.39, 0.29) is 5.97 Å². The summed E-state index contributed by atoms with van der Waals surface area (Å²) >= 11 is 0. The topological polar surface area (TPSA) is 77.8 Å². The lowest BCUT2D eigenvalue weighted by molar-refractivity contribution is -0.137. The Kier molecular flexibility index (Phi) is 14.1. The maximum absolute atomic E-state index is 11.0. The molecule has 0 saturated carbocycles. The molecule has 152 valence electrons. The third kappa shape index (κ3) is 13.1. The molecule has 6 nitrogen and oxygen atoms in total. The van der Waals surface area contributed by atoms with Gasteiger partial charge in [0.05, 0.1) is 19.6 Å². The summed E-state index contributed by atoms with van der Waals surface area (Å²) in [5.41, 5.74) is 0. The van der Waals surface area contributed by atoms with Crippen molar-refractivity contribution in [2.45, 2.75) is 71.1 Å². The summed E-state index contributed by atoms with van der Waals surface area (Å²) in [6.07, 6.45) is 9.80. The SMILES string of the molecule is CCC(=N)OCCCCCCOCCCOCCCCC1COC(=O)C1. The Morgan fingerprint density at radius 2 is 1.58 bits per heavy atom. The third-order valence-corrected chi connectivity index (χ3v) is 4.44. The monoisotopic (exact) mass is 371 g/mol. The van der Waals surface area contributed by atoms with Crippen LogP contribution < -0.4 is 0 Å². The van der Waals surface area contributed by atoms with Crippen molar-refractivity contribution in [1.82, 2.24) is 0 Å². The number of hydrogen-bond acceptors (Lipinski definition) is 6. The van der Waals surface area contributed by atoms with Crippen molar-refractivity contribution in [3.63, 3.8) is 0 Å². The quantitative estimate of drug-likeness (QED) is 0.180. The fourth-order valence-electron chi connectivity index (χ4n) is 2.81. The maximum atomic E-state index is 11.0. The Bertz CT molecular complexity index is 375. The van der Waals surface area contributed by atoms with E-state index in [0.29, 0.717) is 37.9 Å². The average molecular weight is 372 g/mol. The predicted molar refractivity (Wildman–Crippen MR) is 102 cm³/mol. The Labute approximate surface area is 158 Å². The number of nitrogens with one attached hydrogen (secondary N) is 1. The molecule has 0 spiro atoms. The van der Waals surface area contributed by atoms with E-state index in [1.807, 2.05) is 6.92 Å². The molecule has 0 amide bonds. The van der Waals surface area contributed by atoms with Crippen molar-refractivity contribution in [3.05, 3.63) is 0 Å². The van der Waals surface area contributed by atoms with Gasteiger partial charge in [-0.15, -0.1) is 0 Å². The minimum Gasteiger partial charge on any atom is -0.481 e. The van der Waals surface area contributed by atoms with Crippen LogP contribution >= 0.6 is 0 Å². The summed E-state index contributed by atoms with van der Waals surface area (Å²) in [6.45, 7) is 6.32. The van der Waals surface area contributed by atoms with Crippen LogP contribution in [0.4, 0.5) is 0 Å². The van der Waals surface area contributed by atoms with Crippen LogP contribution in [-0.2, 0) is 23.7 Å². The zero-order valence-electron chi connectivity index (χ0n) is 16.4. The van der Waals surface area contributed by atoms with Crippen molar-refractivity contribution < 1.29 is 23.7 Å². The molecule has 0 aromatic carbocycles. The molecule has 6 heteroatoms. The molecule has 1 saturated heterocycles. The van der Waals surface area contributed by atoms with Gasteiger partial charge in [-0.1, -0.05) is 19.8 Å². The number of esters is 1. The van der Waals surface area contributed by atoms with Gasteiger partial charge in [-0.25, -0.2) is 0 Å². The van der Waals surface area contributed by atoms with Crippen LogP contribution in [0.5, 0.6) is 0 Å². The van der Waals surface area contributed by atoms with E-state index in [4.69, 9.17) is 24.4 Å². The Morgan fingerprint density at radius 1 is 0.962 bits per heavy atom. The van der Waals surface area contributed by atoms with Crippen LogP contribution in [0.25, 0.3) is 0 Å². The van der Waals surface area contributed by atoms with E-state index in [1.165, 1.54) is 0 Å². The minimum absolute atomic E-state index is 0.0476. The zero-order chi connectivity index (χ0) is 18.9. The van der Waals surface area contributed by atoms with E-state index in [2.05, 4.69) is 0 Å². The molecule has 1 aliphatic rings. The highest BCUT2D eigenvalue weighted by molar-refractivity contribution is 5.72. The number of cyclic esters (lactones) is 1. The molecule has 0 aromatic rings. The fourth-order valence-corrected chi connectivity index (χ4v) is 2.81. The molecule has 0 radical (unpaired) electrons. The highest BCUT2D eigenvalue weighted by atomic mass is 16.5. The number of ether oxygens (including phenoxy) is 4. The van der Waals surface area contributed by atoms with Gasteiger partial charge in [-0.2, -0.15) is 0 Å². The van der Waals surface area contributed by atoms with Crippen LogP contribution in [0.15, 0.2) is 0 Å². The molecule has 1 unspecified atom stereocenters. The Balaban J connectivity index is 1.68. The number of carbonyl (C=O) groups excluding carboxylic acids is 1. The molecule has 1 N–H and O–H groups in total. The second-order valence-corrected chi connectivity index (χ2v) is 6.87. The van der Waals surface area contributed by atoms with Gasteiger partial charge in [0.2, 0.25) is 0 Å². The van der Waals surface area contributed by atoms with Crippen molar-refractivity contribution in [3.8, 4) is 0 Å². The smallest absolute Gasteiger partial charge is 0.306 e. The summed E-state index contributed by atoms with van der Waals surface area (Å²) in [5.74, 6) is 0.761. The molecular formula is C20H37NO5. The molecule has 1 fully saturated rings. The summed E-state index contributed by atoms with van der Waals surface area (Å²) in [4.78, 5) is 11.0. The summed E-state index contributed by atoms with van der Waals surface area (Å²) in [6, 6.07) is 0. The van der Waals surface area contributed by atoms with Crippen LogP contribution in [0.2, 0.25) is 0 Å². The lowest BCUT2D eigenvalue weighted by Gasteiger charge is -2.07. The van der Waals surface area contributed by atoms with Gasteiger partial charge in [0, 0.05) is 38.8 Å². The van der Waals surface area contributed by atoms with E-state index < -0.39 is 0 Å². The molecule has 1 heterocycles. The third-order valence-electron chi connectivity index (χ3n) is 4.44. The predicted octanol–water partition coefficient (Wildman–Crippen LogP) is 4.11. The Hall–Kier alpha value is -1.14. The highest BCUT2D eigenvalue weighted by Gasteiger charge is 2.22. The van der Waals surface area contributed by atoms with E-state index >= 15 is 0 Å². The summed E-state index contributed by atoms with van der Waals surface area (Å²) in [7, 11) is 0. The fraction of sp³-hybridized carbons (Fsp3) is 0.900. The largest absolute Gasteiger partial charge is 0.481 e.